The highest BCUT2D eigenvalue weighted by atomic mass is 79.9. The van der Waals surface area contributed by atoms with Gasteiger partial charge < -0.3 is 10.1 Å². The van der Waals surface area contributed by atoms with Gasteiger partial charge in [-0.1, -0.05) is 13.0 Å². The minimum Gasteiger partial charge on any atom is -0.479 e. The van der Waals surface area contributed by atoms with Crippen LogP contribution in [-0.2, 0) is 4.79 Å². The fourth-order valence-corrected chi connectivity index (χ4v) is 1.91. The lowest BCUT2D eigenvalue weighted by Crippen LogP contribution is -2.41. The standard InChI is InChI=1S/C14H18BrNO3/c1-4-9(2)16-14(18)10(3)19-13-11(8-17)6-5-7-12(13)15/h5-10H,4H2,1-3H3,(H,16,18). The monoisotopic (exact) mass is 327 g/mol. The lowest BCUT2D eigenvalue weighted by molar-refractivity contribution is -0.127. The maximum Gasteiger partial charge on any atom is 0.260 e. The Balaban J connectivity index is 2.79. The van der Waals surface area contributed by atoms with Crippen LogP contribution in [0.5, 0.6) is 5.75 Å². The van der Waals surface area contributed by atoms with Crippen LogP contribution in [0.3, 0.4) is 0 Å². The molecule has 0 aliphatic rings. The molecule has 0 fully saturated rings. The number of aldehydes is 1. The van der Waals surface area contributed by atoms with Crippen molar-refractivity contribution in [1.82, 2.24) is 5.32 Å². The van der Waals surface area contributed by atoms with Gasteiger partial charge in [-0.2, -0.15) is 0 Å². The van der Waals surface area contributed by atoms with Crippen molar-refractivity contribution in [2.75, 3.05) is 0 Å². The molecule has 4 nitrogen and oxygen atoms in total. The lowest BCUT2D eigenvalue weighted by atomic mass is 10.2. The summed E-state index contributed by atoms with van der Waals surface area (Å²) in [6.45, 7) is 5.58. The predicted octanol–water partition coefficient (Wildman–Crippen LogP) is 2.94. The molecular weight excluding hydrogens is 310 g/mol. The molecule has 1 N–H and O–H groups in total. The highest BCUT2D eigenvalue weighted by molar-refractivity contribution is 9.10. The van der Waals surface area contributed by atoms with Crippen LogP contribution < -0.4 is 10.1 Å². The van der Waals surface area contributed by atoms with E-state index < -0.39 is 6.10 Å². The highest BCUT2D eigenvalue weighted by Crippen LogP contribution is 2.28. The van der Waals surface area contributed by atoms with Crippen molar-refractivity contribution in [2.24, 2.45) is 0 Å². The van der Waals surface area contributed by atoms with E-state index in [0.717, 1.165) is 6.42 Å². The molecule has 0 heterocycles. The van der Waals surface area contributed by atoms with Crippen LogP contribution in [0.15, 0.2) is 22.7 Å². The Morgan fingerprint density at radius 3 is 2.74 bits per heavy atom. The quantitative estimate of drug-likeness (QED) is 0.817. The molecule has 2 atom stereocenters. The van der Waals surface area contributed by atoms with Crippen LogP contribution in [0, 0.1) is 0 Å². The van der Waals surface area contributed by atoms with Crippen molar-refractivity contribution < 1.29 is 14.3 Å². The van der Waals surface area contributed by atoms with Crippen LogP contribution in [0.2, 0.25) is 0 Å². The van der Waals surface area contributed by atoms with E-state index in [4.69, 9.17) is 4.74 Å². The van der Waals surface area contributed by atoms with Gasteiger partial charge >= 0.3 is 0 Å². The highest BCUT2D eigenvalue weighted by Gasteiger charge is 2.19. The molecule has 1 amide bonds. The van der Waals surface area contributed by atoms with Gasteiger partial charge in [0, 0.05) is 6.04 Å². The van der Waals surface area contributed by atoms with Gasteiger partial charge in [0.25, 0.3) is 5.91 Å². The van der Waals surface area contributed by atoms with Gasteiger partial charge in [-0.15, -0.1) is 0 Å². The number of nitrogens with one attached hydrogen (secondary N) is 1. The summed E-state index contributed by atoms with van der Waals surface area (Å²) in [6.07, 6.45) is 0.901. The molecule has 2 unspecified atom stereocenters. The number of benzene rings is 1. The molecule has 0 saturated carbocycles. The average Bonchev–Trinajstić information content (AvgIpc) is 2.40. The molecule has 0 bridgehead atoms. The van der Waals surface area contributed by atoms with Gasteiger partial charge in [0.15, 0.2) is 12.4 Å². The second kappa shape index (κ2) is 7.28. The fourth-order valence-electron chi connectivity index (χ4n) is 1.44. The zero-order chi connectivity index (χ0) is 14.4. The number of carbonyl (C=O) groups excluding carboxylic acids is 2. The van der Waals surface area contributed by atoms with Gasteiger partial charge in [-0.25, -0.2) is 0 Å². The first-order valence-corrected chi connectivity index (χ1v) is 6.99. The molecule has 0 saturated heterocycles. The van der Waals surface area contributed by atoms with E-state index in [1.165, 1.54) is 0 Å². The molecular formula is C14H18BrNO3. The van der Waals surface area contributed by atoms with Crippen LogP contribution in [0.1, 0.15) is 37.6 Å². The molecule has 0 aliphatic carbocycles. The van der Waals surface area contributed by atoms with Gasteiger partial charge in [0.1, 0.15) is 5.75 Å². The first kappa shape index (κ1) is 15.7. The topological polar surface area (TPSA) is 55.4 Å². The van der Waals surface area contributed by atoms with Crippen molar-refractivity contribution in [1.29, 1.82) is 0 Å². The maximum absolute atomic E-state index is 11.9. The van der Waals surface area contributed by atoms with Crippen molar-refractivity contribution >= 4 is 28.1 Å². The van der Waals surface area contributed by atoms with Crippen LogP contribution >= 0.6 is 15.9 Å². The number of hydrogen-bond donors (Lipinski definition) is 1. The van der Waals surface area contributed by atoms with E-state index in [2.05, 4.69) is 21.2 Å². The number of ether oxygens (including phenoxy) is 1. The number of para-hydroxylation sites is 1. The van der Waals surface area contributed by atoms with E-state index in [1.54, 1.807) is 25.1 Å². The van der Waals surface area contributed by atoms with Crippen LogP contribution in [0.25, 0.3) is 0 Å². The Labute approximate surface area is 121 Å². The molecule has 0 spiro atoms. The molecule has 104 valence electrons. The summed E-state index contributed by atoms with van der Waals surface area (Å²) in [5.74, 6) is 0.200. The Morgan fingerprint density at radius 2 is 2.16 bits per heavy atom. The Morgan fingerprint density at radius 1 is 1.47 bits per heavy atom. The Hall–Kier alpha value is -1.36. The normalized spacial score (nSPS) is 13.5. The first-order chi connectivity index (χ1) is 8.99. The number of hydrogen-bond acceptors (Lipinski definition) is 3. The minimum absolute atomic E-state index is 0.100. The summed E-state index contributed by atoms with van der Waals surface area (Å²) in [5, 5.41) is 2.84. The summed E-state index contributed by atoms with van der Waals surface area (Å²) < 4.78 is 6.24. The third-order valence-electron chi connectivity index (χ3n) is 2.79. The number of halogens is 1. The van der Waals surface area contributed by atoms with E-state index in [-0.39, 0.29) is 11.9 Å². The molecule has 0 radical (unpaired) electrons. The van der Waals surface area contributed by atoms with Crippen molar-refractivity contribution in [3.8, 4) is 5.75 Å². The molecule has 5 heteroatoms. The van der Waals surface area contributed by atoms with Crippen molar-refractivity contribution in [2.45, 2.75) is 39.3 Å². The predicted molar refractivity (Wildman–Crippen MR) is 77.5 cm³/mol. The van der Waals surface area contributed by atoms with Crippen molar-refractivity contribution in [3.05, 3.63) is 28.2 Å². The third kappa shape index (κ3) is 4.35. The van der Waals surface area contributed by atoms with E-state index in [1.807, 2.05) is 13.8 Å². The molecule has 1 rings (SSSR count). The second-order valence-electron chi connectivity index (χ2n) is 4.35. The zero-order valence-electron chi connectivity index (χ0n) is 11.3. The van der Waals surface area contributed by atoms with Gasteiger partial charge in [-0.05, 0) is 48.3 Å². The maximum atomic E-state index is 11.9. The van der Waals surface area contributed by atoms with Gasteiger partial charge in [0.05, 0.1) is 10.0 Å². The zero-order valence-corrected chi connectivity index (χ0v) is 12.9. The van der Waals surface area contributed by atoms with Gasteiger partial charge in [-0.3, -0.25) is 9.59 Å². The number of amides is 1. The molecule has 1 aromatic rings. The SMILES string of the molecule is CCC(C)NC(=O)C(C)Oc1c(Br)cccc1C=O. The average molecular weight is 328 g/mol. The van der Waals surface area contributed by atoms with E-state index in [0.29, 0.717) is 22.1 Å². The summed E-state index contributed by atoms with van der Waals surface area (Å²) in [5.41, 5.74) is 0.414. The van der Waals surface area contributed by atoms with Gasteiger partial charge in [0.2, 0.25) is 0 Å². The molecule has 19 heavy (non-hydrogen) atoms. The van der Waals surface area contributed by atoms with E-state index >= 15 is 0 Å². The Kier molecular flexibility index (Phi) is 6.02. The molecule has 0 aliphatic heterocycles. The Bertz CT molecular complexity index is 462. The largest absolute Gasteiger partial charge is 0.479 e. The molecule has 0 aromatic heterocycles. The summed E-state index contributed by atoms with van der Waals surface area (Å²) >= 11 is 3.31. The molecule has 1 aromatic carbocycles. The summed E-state index contributed by atoms with van der Waals surface area (Å²) in [4.78, 5) is 22.8. The lowest BCUT2D eigenvalue weighted by Gasteiger charge is -2.19. The smallest absolute Gasteiger partial charge is 0.260 e. The van der Waals surface area contributed by atoms with E-state index in [9.17, 15) is 9.59 Å². The summed E-state index contributed by atoms with van der Waals surface area (Å²) in [7, 11) is 0. The fraction of sp³-hybridized carbons (Fsp3) is 0.429. The first-order valence-electron chi connectivity index (χ1n) is 6.20. The minimum atomic E-state index is -0.661. The second-order valence-corrected chi connectivity index (χ2v) is 5.21. The van der Waals surface area contributed by atoms with Crippen LogP contribution in [-0.4, -0.2) is 24.3 Å². The number of carbonyl (C=O) groups is 2. The third-order valence-corrected chi connectivity index (χ3v) is 3.41. The van der Waals surface area contributed by atoms with Crippen molar-refractivity contribution in [3.63, 3.8) is 0 Å². The summed E-state index contributed by atoms with van der Waals surface area (Å²) in [6, 6.07) is 5.25. The van der Waals surface area contributed by atoms with Crippen LogP contribution in [0.4, 0.5) is 0 Å². The number of rotatable bonds is 6.